The summed E-state index contributed by atoms with van der Waals surface area (Å²) in [5.41, 5.74) is 0.201. The molecule has 5 nitrogen and oxygen atoms in total. The molecule has 23 heavy (non-hydrogen) atoms. The van der Waals surface area contributed by atoms with E-state index in [1.165, 1.54) is 0 Å². The molecule has 2 N–H and O–H groups in total. The molecule has 0 bridgehead atoms. The van der Waals surface area contributed by atoms with Crippen molar-refractivity contribution < 1.29 is 14.7 Å². The fraction of sp³-hybridized carbons (Fsp3) is 0.778. The van der Waals surface area contributed by atoms with Crippen LogP contribution in [0.25, 0.3) is 0 Å². The highest BCUT2D eigenvalue weighted by Gasteiger charge is 2.40. The lowest BCUT2D eigenvalue weighted by Crippen LogP contribution is -2.57. The fourth-order valence-electron chi connectivity index (χ4n) is 3.91. The number of nitrogens with zero attached hydrogens (tertiary/aromatic N) is 1. The van der Waals surface area contributed by atoms with Crippen molar-refractivity contribution in [1.29, 1.82) is 0 Å². The largest absolute Gasteiger partial charge is 0.391 e. The molecule has 0 aromatic rings. The van der Waals surface area contributed by atoms with Gasteiger partial charge < -0.3 is 15.3 Å². The summed E-state index contributed by atoms with van der Waals surface area (Å²) in [7, 11) is 0. The maximum absolute atomic E-state index is 12.9. The van der Waals surface area contributed by atoms with Crippen molar-refractivity contribution in [2.45, 2.75) is 64.0 Å². The molecule has 3 aliphatic rings. The van der Waals surface area contributed by atoms with Crippen LogP contribution in [0.4, 0.5) is 0 Å². The minimum Gasteiger partial charge on any atom is -0.391 e. The van der Waals surface area contributed by atoms with Crippen LogP contribution >= 0.6 is 0 Å². The van der Waals surface area contributed by atoms with E-state index in [0.717, 1.165) is 58.0 Å². The third kappa shape index (κ3) is 3.77. The molecule has 3 unspecified atom stereocenters. The van der Waals surface area contributed by atoms with Gasteiger partial charge in [-0.25, -0.2) is 0 Å². The maximum atomic E-state index is 12.9. The van der Waals surface area contributed by atoms with Gasteiger partial charge in [0.1, 0.15) is 6.04 Å². The lowest BCUT2D eigenvalue weighted by molar-refractivity contribution is -0.142. The Morgan fingerprint density at radius 3 is 2.70 bits per heavy atom. The minimum atomic E-state index is -0.866. The molecule has 2 amide bonds. The monoisotopic (exact) mass is 320 g/mol. The fourth-order valence-corrected chi connectivity index (χ4v) is 3.91. The second-order valence-corrected chi connectivity index (χ2v) is 7.58. The van der Waals surface area contributed by atoms with E-state index in [1.54, 1.807) is 6.92 Å². The predicted octanol–water partition coefficient (Wildman–Crippen LogP) is 1.61. The van der Waals surface area contributed by atoms with Crippen LogP contribution in [0.2, 0.25) is 0 Å². The topological polar surface area (TPSA) is 69.6 Å². The summed E-state index contributed by atoms with van der Waals surface area (Å²) < 4.78 is 0. The van der Waals surface area contributed by atoms with Crippen LogP contribution in [0.15, 0.2) is 12.2 Å². The van der Waals surface area contributed by atoms with Crippen LogP contribution in [0.3, 0.4) is 0 Å². The van der Waals surface area contributed by atoms with E-state index in [1.807, 2.05) is 4.90 Å². The standard InChI is InChI=1S/C18H28N2O3/c1-13(21)15(19-16(22)14-6-7-14)17(23)20-11-5-10-18(12-20)8-3-2-4-9-18/h2-3,13-15,21H,4-12H2,1H3,(H,19,22). The molecule has 2 aliphatic carbocycles. The summed E-state index contributed by atoms with van der Waals surface area (Å²) in [6.45, 7) is 3.06. The van der Waals surface area contributed by atoms with Crippen LogP contribution in [0.5, 0.6) is 0 Å². The number of carbonyl (C=O) groups is 2. The third-order valence-electron chi connectivity index (χ3n) is 5.53. The Kier molecular flexibility index (Phi) is 4.76. The van der Waals surface area contributed by atoms with E-state index in [2.05, 4.69) is 17.5 Å². The van der Waals surface area contributed by atoms with Gasteiger partial charge in [-0.1, -0.05) is 12.2 Å². The van der Waals surface area contributed by atoms with Gasteiger partial charge in [0.05, 0.1) is 6.10 Å². The molecule has 1 saturated carbocycles. The van der Waals surface area contributed by atoms with Crippen molar-refractivity contribution in [3.8, 4) is 0 Å². The van der Waals surface area contributed by atoms with Crippen LogP contribution in [-0.2, 0) is 9.59 Å². The quantitative estimate of drug-likeness (QED) is 0.773. The van der Waals surface area contributed by atoms with Gasteiger partial charge in [-0.15, -0.1) is 0 Å². The van der Waals surface area contributed by atoms with Crippen LogP contribution in [0, 0.1) is 11.3 Å². The molecule has 0 aromatic carbocycles. The molecule has 128 valence electrons. The molecule has 2 fully saturated rings. The van der Waals surface area contributed by atoms with E-state index < -0.39 is 12.1 Å². The van der Waals surface area contributed by atoms with E-state index >= 15 is 0 Å². The zero-order valence-corrected chi connectivity index (χ0v) is 14.0. The first-order chi connectivity index (χ1) is 11.0. The smallest absolute Gasteiger partial charge is 0.247 e. The zero-order valence-electron chi connectivity index (χ0n) is 14.0. The molecule has 1 heterocycles. The van der Waals surface area contributed by atoms with Crippen molar-refractivity contribution in [3.63, 3.8) is 0 Å². The van der Waals surface area contributed by atoms with E-state index in [0.29, 0.717) is 0 Å². The van der Waals surface area contributed by atoms with Gasteiger partial charge in [-0.2, -0.15) is 0 Å². The molecular weight excluding hydrogens is 292 g/mol. The predicted molar refractivity (Wildman–Crippen MR) is 87.6 cm³/mol. The normalized spacial score (nSPS) is 30.1. The van der Waals surface area contributed by atoms with Gasteiger partial charge in [0.25, 0.3) is 0 Å². The number of likely N-dealkylation sites (tertiary alicyclic amines) is 1. The second-order valence-electron chi connectivity index (χ2n) is 7.58. The number of hydrogen-bond donors (Lipinski definition) is 2. The average Bonchev–Trinajstić information content (AvgIpc) is 3.37. The van der Waals surface area contributed by atoms with Gasteiger partial charge in [-0.05, 0) is 57.3 Å². The number of amides is 2. The Labute approximate surface area is 138 Å². The van der Waals surface area contributed by atoms with Gasteiger partial charge in [0.2, 0.25) is 11.8 Å². The summed E-state index contributed by atoms with van der Waals surface area (Å²) in [6, 6.07) is -0.808. The molecule has 3 atom stereocenters. The summed E-state index contributed by atoms with van der Waals surface area (Å²) in [6.07, 6.45) is 10.8. The number of allylic oxidation sites excluding steroid dienone is 2. The molecule has 3 rings (SSSR count). The number of aliphatic hydroxyl groups is 1. The van der Waals surface area contributed by atoms with Gasteiger partial charge >= 0.3 is 0 Å². The van der Waals surface area contributed by atoms with Crippen molar-refractivity contribution in [3.05, 3.63) is 12.2 Å². The summed E-state index contributed by atoms with van der Waals surface area (Å²) in [4.78, 5) is 26.7. The Balaban J connectivity index is 1.66. The third-order valence-corrected chi connectivity index (χ3v) is 5.53. The number of aliphatic hydroxyl groups excluding tert-OH is 1. The van der Waals surface area contributed by atoms with Crippen LogP contribution < -0.4 is 5.32 Å². The van der Waals surface area contributed by atoms with E-state index in [9.17, 15) is 14.7 Å². The van der Waals surface area contributed by atoms with E-state index in [4.69, 9.17) is 0 Å². The summed E-state index contributed by atoms with van der Waals surface area (Å²) in [5.74, 6) is -0.167. The molecule has 1 spiro atoms. The highest BCUT2D eigenvalue weighted by Crippen LogP contribution is 2.41. The van der Waals surface area contributed by atoms with Gasteiger partial charge in [0, 0.05) is 19.0 Å². The molecule has 5 heteroatoms. The summed E-state index contributed by atoms with van der Waals surface area (Å²) in [5, 5.41) is 12.8. The lowest BCUT2D eigenvalue weighted by atomic mass is 9.71. The molecule has 0 radical (unpaired) electrons. The van der Waals surface area contributed by atoms with E-state index in [-0.39, 0.29) is 23.1 Å². The van der Waals surface area contributed by atoms with Crippen molar-refractivity contribution in [2.24, 2.45) is 11.3 Å². The van der Waals surface area contributed by atoms with Crippen molar-refractivity contribution >= 4 is 11.8 Å². The summed E-state index contributed by atoms with van der Waals surface area (Å²) >= 11 is 0. The number of rotatable bonds is 4. The minimum absolute atomic E-state index is 0.0419. The Morgan fingerprint density at radius 2 is 2.09 bits per heavy atom. The SMILES string of the molecule is CC(O)C(NC(=O)C1CC1)C(=O)N1CCCC2(CC=CCC2)C1. The molecule has 1 aliphatic heterocycles. The first kappa shape index (κ1) is 16.5. The number of nitrogens with one attached hydrogen (secondary N) is 1. The first-order valence-corrected chi connectivity index (χ1v) is 8.93. The average molecular weight is 320 g/mol. The first-order valence-electron chi connectivity index (χ1n) is 8.93. The molecule has 0 aromatic heterocycles. The van der Waals surface area contributed by atoms with Gasteiger partial charge in [-0.3, -0.25) is 9.59 Å². The van der Waals surface area contributed by atoms with Gasteiger partial charge in [0.15, 0.2) is 0 Å². The zero-order chi connectivity index (χ0) is 16.4. The Hall–Kier alpha value is -1.36. The number of hydrogen-bond acceptors (Lipinski definition) is 3. The van der Waals surface area contributed by atoms with Crippen molar-refractivity contribution in [2.75, 3.05) is 13.1 Å². The second kappa shape index (κ2) is 6.63. The Morgan fingerprint density at radius 1 is 1.30 bits per heavy atom. The molecule has 1 saturated heterocycles. The van der Waals surface area contributed by atoms with Crippen LogP contribution in [0.1, 0.15) is 51.9 Å². The number of piperidine rings is 1. The lowest BCUT2D eigenvalue weighted by Gasteiger charge is -2.45. The van der Waals surface area contributed by atoms with Crippen molar-refractivity contribution in [1.82, 2.24) is 10.2 Å². The van der Waals surface area contributed by atoms with Crippen LogP contribution in [-0.4, -0.2) is 47.1 Å². The highest BCUT2D eigenvalue weighted by atomic mass is 16.3. The molecular formula is C18H28N2O3. The highest BCUT2D eigenvalue weighted by molar-refractivity contribution is 5.89. The Bertz CT molecular complexity index is 498. The number of carbonyl (C=O) groups excluding carboxylic acids is 2. The maximum Gasteiger partial charge on any atom is 0.247 e.